The first-order valence-corrected chi connectivity index (χ1v) is 8.67. The number of likely N-dealkylation sites (tertiary alicyclic amines) is 1. The molecule has 1 N–H and O–H groups in total. The topological polar surface area (TPSA) is 63.4 Å². The highest BCUT2D eigenvalue weighted by Crippen LogP contribution is 2.30. The quantitative estimate of drug-likeness (QED) is 0.918. The Morgan fingerprint density at radius 2 is 2.22 bits per heavy atom. The van der Waals surface area contributed by atoms with Crippen LogP contribution < -0.4 is 4.90 Å². The molecule has 124 valence electrons. The summed E-state index contributed by atoms with van der Waals surface area (Å²) in [6.07, 6.45) is 3.05. The largest absolute Gasteiger partial charge is 0.392 e. The Labute approximate surface area is 142 Å². The van der Waals surface area contributed by atoms with Gasteiger partial charge in [0.15, 0.2) is 0 Å². The van der Waals surface area contributed by atoms with Crippen molar-refractivity contribution in [3.05, 3.63) is 22.3 Å². The summed E-state index contributed by atoms with van der Waals surface area (Å²) >= 11 is 6.35. The lowest BCUT2D eigenvalue weighted by molar-refractivity contribution is 0.167. The van der Waals surface area contributed by atoms with Crippen LogP contribution in [0.4, 0.5) is 5.82 Å². The lowest BCUT2D eigenvalue weighted by atomic mass is 9.97. The Balaban J connectivity index is 1.69. The van der Waals surface area contributed by atoms with Gasteiger partial charge in [-0.05, 0) is 38.2 Å². The zero-order valence-electron chi connectivity index (χ0n) is 13.5. The molecule has 3 heterocycles. The number of β-amino-alcohol motifs (C(OH)–C–C–N with tert-alkyl or cyclic N) is 1. The molecule has 23 heavy (non-hydrogen) atoms. The molecule has 0 aliphatic carbocycles. The smallest absolute Gasteiger partial charge is 0.147 e. The van der Waals surface area contributed by atoms with Gasteiger partial charge in [-0.1, -0.05) is 11.6 Å². The van der Waals surface area contributed by atoms with Crippen LogP contribution in [0.25, 0.3) is 0 Å². The number of aliphatic hydroxyl groups excluding tert-OH is 1. The number of rotatable bonds is 3. The van der Waals surface area contributed by atoms with Gasteiger partial charge in [0.05, 0.1) is 22.4 Å². The molecule has 0 saturated carbocycles. The second-order valence-corrected chi connectivity index (χ2v) is 7.10. The van der Waals surface area contributed by atoms with Gasteiger partial charge in [0.1, 0.15) is 11.9 Å². The van der Waals surface area contributed by atoms with E-state index >= 15 is 0 Å². The fourth-order valence-corrected chi connectivity index (χ4v) is 3.92. The summed E-state index contributed by atoms with van der Waals surface area (Å²) in [4.78, 5) is 9.17. The van der Waals surface area contributed by atoms with Gasteiger partial charge in [-0.25, -0.2) is 4.98 Å². The van der Waals surface area contributed by atoms with Crippen LogP contribution in [0.2, 0.25) is 5.02 Å². The minimum atomic E-state index is -0.160. The van der Waals surface area contributed by atoms with Crippen LogP contribution in [0.15, 0.2) is 6.07 Å². The number of nitriles is 1. The molecule has 0 radical (unpaired) electrons. The van der Waals surface area contributed by atoms with Crippen LogP contribution in [0.3, 0.4) is 0 Å². The van der Waals surface area contributed by atoms with Crippen LogP contribution in [-0.4, -0.2) is 53.8 Å². The molecule has 2 fully saturated rings. The predicted octanol–water partition coefficient (Wildman–Crippen LogP) is 2.20. The van der Waals surface area contributed by atoms with Gasteiger partial charge in [0, 0.05) is 32.7 Å². The first-order chi connectivity index (χ1) is 11.1. The Bertz CT molecular complexity index is 615. The highest BCUT2D eigenvalue weighted by molar-refractivity contribution is 6.33. The van der Waals surface area contributed by atoms with E-state index in [1.807, 2.05) is 6.92 Å². The molecule has 0 bridgehead atoms. The fraction of sp³-hybridized carbons (Fsp3) is 0.647. The van der Waals surface area contributed by atoms with E-state index in [-0.39, 0.29) is 6.10 Å². The molecule has 5 nitrogen and oxygen atoms in total. The molecule has 2 aliphatic rings. The van der Waals surface area contributed by atoms with Crippen molar-refractivity contribution in [3.8, 4) is 6.07 Å². The fourth-order valence-electron chi connectivity index (χ4n) is 3.65. The van der Waals surface area contributed by atoms with Crippen LogP contribution >= 0.6 is 11.6 Å². The van der Waals surface area contributed by atoms with E-state index in [0.29, 0.717) is 16.5 Å². The Morgan fingerprint density at radius 3 is 2.91 bits per heavy atom. The minimum Gasteiger partial charge on any atom is -0.392 e. The zero-order valence-corrected chi connectivity index (χ0v) is 14.3. The zero-order chi connectivity index (χ0) is 16.4. The van der Waals surface area contributed by atoms with Gasteiger partial charge < -0.3 is 14.9 Å². The Hall–Kier alpha value is -1.35. The van der Waals surface area contributed by atoms with Gasteiger partial charge in [0.2, 0.25) is 0 Å². The van der Waals surface area contributed by atoms with Crippen molar-refractivity contribution < 1.29 is 5.11 Å². The molecular formula is C17H23ClN4O. The third-order valence-corrected chi connectivity index (χ3v) is 5.13. The lowest BCUT2D eigenvalue weighted by Gasteiger charge is -2.36. The molecule has 0 amide bonds. The number of hydrogen-bond acceptors (Lipinski definition) is 5. The maximum atomic E-state index is 9.67. The Morgan fingerprint density at radius 1 is 1.39 bits per heavy atom. The van der Waals surface area contributed by atoms with Crippen LogP contribution in [0.1, 0.15) is 30.5 Å². The van der Waals surface area contributed by atoms with E-state index < -0.39 is 0 Å². The third kappa shape index (κ3) is 3.77. The second kappa shape index (κ2) is 7.04. The van der Waals surface area contributed by atoms with E-state index in [1.165, 1.54) is 6.42 Å². The van der Waals surface area contributed by atoms with Crippen molar-refractivity contribution in [2.24, 2.45) is 5.92 Å². The molecule has 1 aromatic heterocycles. The highest BCUT2D eigenvalue weighted by Gasteiger charge is 2.27. The summed E-state index contributed by atoms with van der Waals surface area (Å²) in [7, 11) is 0. The number of piperidine rings is 1. The highest BCUT2D eigenvalue weighted by atomic mass is 35.5. The van der Waals surface area contributed by atoms with E-state index in [0.717, 1.165) is 57.1 Å². The number of nitrogens with zero attached hydrogens (tertiary/aromatic N) is 4. The van der Waals surface area contributed by atoms with Gasteiger partial charge in [-0.15, -0.1) is 0 Å². The van der Waals surface area contributed by atoms with Gasteiger partial charge in [-0.3, -0.25) is 0 Å². The minimum absolute atomic E-state index is 0.160. The summed E-state index contributed by atoms with van der Waals surface area (Å²) in [6, 6.07) is 3.85. The number of aromatic nitrogens is 1. The molecule has 0 unspecified atom stereocenters. The summed E-state index contributed by atoms with van der Waals surface area (Å²) in [5, 5.41) is 19.3. The van der Waals surface area contributed by atoms with Gasteiger partial charge in [0.25, 0.3) is 0 Å². The summed E-state index contributed by atoms with van der Waals surface area (Å²) in [5.74, 6) is 1.37. The van der Waals surface area contributed by atoms with Gasteiger partial charge in [-0.2, -0.15) is 5.26 Å². The first-order valence-electron chi connectivity index (χ1n) is 8.29. The van der Waals surface area contributed by atoms with Crippen LogP contribution in [-0.2, 0) is 0 Å². The first kappa shape index (κ1) is 16.5. The van der Waals surface area contributed by atoms with Gasteiger partial charge >= 0.3 is 0 Å². The Kier molecular flexibility index (Phi) is 5.05. The summed E-state index contributed by atoms with van der Waals surface area (Å²) in [6.45, 7) is 6.56. The van der Waals surface area contributed by atoms with E-state index in [9.17, 15) is 5.11 Å². The number of aliphatic hydroxyl groups is 1. The van der Waals surface area contributed by atoms with Crippen molar-refractivity contribution in [3.63, 3.8) is 0 Å². The van der Waals surface area contributed by atoms with E-state index in [1.54, 1.807) is 6.07 Å². The molecule has 3 rings (SSSR count). The molecule has 2 atom stereocenters. The molecule has 0 aromatic carbocycles. The maximum absolute atomic E-state index is 9.67. The third-order valence-electron chi connectivity index (χ3n) is 4.85. The van der Waals surface area contributed by atoms with Crippen molar-refractivity contribution in [1.82, 2.24) is 9.88 Å². The molecular weight excluding hydrogens is 312 g/mol. The number of anilines is 1. The molecule has 1 aromatic rings. The molecule has 2 aliphatic heterocycles. The molecule has 6 heteroatoms. The average Bonchev–Trinajstić information content (AvgIpc) is 2.94. The van der Waals surface area contributed by atoms with E-state index in [4.69, 9.17) is 16.9 Å². The summed E-state index contributed by atoms with van der Waals surface area (Å²) in [5.41, 5.74) is 1.27. The average molecular weight is 335 g/mol. The van der Waals surface area contributed by atoms with Crippen LogP contribution in [0, 0.1) is 24.2 Å². The van der Waals surface area contributed by atoms with Crippen molar-refractivity contribution in [2.75, 3.05) is 37.6 Å². The number of hydrogen-bond donors (Lipinski definition) is 1. The van der Waals surface area contributed by atoms with Crippen molar-refractivity contribution in [1.29, 1.82) is 5.26 Å². The molecule has 0 spiro atoms. The number of halogens is 1. The van der Waals surface area contributed by atoms with Crippen LogP contribution in [0.5, 0.6) is 0 Å². The predicted molar refractivity (Wildman–Crippen MR) is 90.7 cm³/mol. The van der Waals surface area contributed by atoms with E-state index in [2.05, 4.69) is 20.9 Å². The second-order valence-electron chi connectivity index (χ2n) is 6.69. The normalized spacial score (nSPS) is 25.6. The summed E-state index contributed by atoms with van der Waals surface area (Å²) < 4.78 is 0. The van der Waals surface area contributed by atoms with Crippen molar-refractivity contribution >= 4 is 17.4 Å². The number of aryl methyl sites for hydroxylation is 1. The molecule has 2 saturated heterocycles. The van der Waals surface area contributed by atoms with Crippen molar-refractivity contribution in [2.45, 2.75) is 32.3 Å². The standard InChI is InChI=1S/C17H23ClN4O/c1-12-14(8-19)7-16(18)17(20-12)22-5-2-3-13(10-22)9-21-6-4-15(23)11-21/h7,13,15,23H,2-6,9-11H2,1H3/t13-,15-/m0/s1. The SMILES string of the molecule is Cc1nc(N2CCC[C@@H](CN3CC[C@H](O)C3)C2)c(Cl)cc1C#N. The number of pyridine rings is 1. The lowest BCUT2D eigenvalue weighted by Crippen LogP contribution is -2.41. The maximum Gasteiger partial charge on any atom is 0.147 e. The monoisotopic (exact) mass is 334 g/mol.